The van der Waals surface area contributed by atoms with Crippen LogP contribution in [0.1, 0.15) is 13.8 Å². The predicted octanol–water partition coefficient (Wildman–Crippen LogP) is 4.54. The highest BCUT2D eigenvalue weighted by Crippen LogP contribution is 2.37. The number of hydrogen-bond donors (Lipinski definition) is 1. The Bertz CT molecular complexity index is 744. The monoisotopic (exact) mass is 337 g/mol. The van der Waals surface area contributed by atoms with E-state index in [1.54, 1.807) is 30.3 Å². The van der Waals surface area contributed by atoms with E-state index in [4.69, 9.17) is 27.9 Å². The molecule has 22 heavy (non-hydrogen) atoms. The lowest BCUT2D eigenvalue weighted by atomic mass is 10.0. The maximum atomic E-state index is 11.2. The summed E-state index contributed by atoms with van der Waals surface area (Å²) in [7, 11) is 0. The first-order chi connectivity index (χ1) is 10.4. The molecule has 0 heterocycles. The van der Waals surface area contributed by atoms with Crippen molar-refractivity contribution in [3.63, 3.8) is 0 Å². The molecule has 2 aromatic rings. The second kappa shape index (κ2) is 6.81. The molecule has 1 amide bonds. The van der Waals surface area contributed by atoms with Crippen LogP contribution in [0.4, 0.5) is 5.69 Å². The zero-order chi connectivity index (χ0) is 16.3. The molecule has 114 valence electrons. The van der Waals surface area contributed by atoms with Gasteiger partial charge in [-0.15, -0.1) is 0 Å². The Morgan fingerprint density at radius 2 is 1.82 bits per heavy atom. The second-order valence-corrected chi connectivity index (χ2v) is 5.37. The zero-order valence-corrected chi connectivity index (χ0v) is 13.5. The topological polar surface area (TPSA) is 55.4 Å². The van der Waals surface area contributed by atoms with E-state index in [0.29, 0.717) is 21.3 Å². The van der Waals surface area contributed by atoms with E-state index < -0.39 is 5.97 Å². The van der Waals surface area contributed by atoms with E-state index in [1.165, 1.54) is 13.8 Å². The molecule has 0 radical (unpaired) electrons. The lowest BCUT2D eigenvalue weighted by molar-refractivity contribution is -0.131. The molecule has 6 heteroatoms. The number of benzene rings is 2. The number of esters is 1. The van der Waals surface area contributed by atoms with Crippen LogP contribution in [0.5, 0.6) is 5.75 Å². The summed E-state index contributed by atoms with van der Waals surface area (Å²) in [5, 5.41) is 3.37. The van der Waals surface area contributed by atoms with Gasteiger partial charge < -0.3 is 10.1 Å². The molecule has 0 aliphatic carbocycles. The van der Waals surface area contributed by atoms with E-state index in [1.807, 2.05) is 6.07 Å². The highest BCUT2D eigenvalue weighted by Gasteiger charge is 2.12. The zero-order valence-electron chi connectivity index (χ0n) is 11.9. The molecule has 2 rings (SSSR count). The predicted molar refractivity (Wildman–Crippen MR) is 87.5 cm³/mol. The average Bonchev–Trinajstić information content (AvgIpc) is 2.42. The molecule has 0 saturated heterocycles. The Morgan fingerprint density at radius 3 is 2.41 bits per heavy atom. The molecule has 0 aliphatic heterocycles. The van der Waals surface area contributed by atoms with Gasteiger partial charge in [-0.3, -0.25) is 9.59 Å². The molecule has 0 aromatic heterocycles. The molecule has 1 N–H and O–H groups in total. The second-order valence-electron chi connectivity index (χ2n) is 4.59. The first-order valence-corrected chi connectivity index (χ1v) is 7.18. The third-order valence-corrected chi connectivity index (χ3v) is 3.51. The van der Waals surface area contributed by atoms with Crippen molar-refractivity contribution in [2.45, 2.75) is 13.8 Å². The fourth-order valence-electron chi connectivity index (χ4n) is 1.95. The number of ether oxygens (including phenoxy) is 1. The normalized spacial score (nSPS) is 10.2. The summed E-state index contributed by atoms with van der Waals surface area (Å²) in [5.41, 5.74) is 1.98. The van der Waals surface area contributed by atoms with Crippen molar-refractivity contribution in [3.8, 4) is 16.9 Å². The van der Waals surface area contributed by atoms with Gasteiger partial charge in [-0.2, -0.15) is 0 Å². The van der Waals surface area contributed by atoms with E-state index in [2.05, 4.69) is 5.32 Å². The number of anilines is 1. The van der Waals surface area contributed by atoms with Crippen LogP contribution >= 0.6 is 23.2 Å². The summed E-state index contributed by atoms with van der Waals surface area (Å²) in [4.78, 5) is 22.2. The van der Waals surface area contributed by atoms with Crippen molar-refractivity contribution in [2.24, 2.45) is 0 Å². The number of carbonyl (C=O) groups is 2. The first-order valence-electron chi connectivity index (χ1n) is 6.43. The van der Waals surface area contributed by atoms with Gasteiger partial charge in [-0.05, 0) is 23.8 Å². The maximum absolute atomic E-state index is 11.2. The largest absolute Gasteiger partial charge is 0.425 e. The lowest BCUT2D eigenvalue weighted by Gasteiger charge is -2.11. The Labute approximate surface area is 138 Å². The Balaban J connectivity index is 2.42. The summed E-state index contributed by atoms with van der Waals surface area (Å²) in [6, 6.07) is 10.3. The van der Waals surface area contributed by atoms with Crippen molar-refractivity contribution >= 4 is 40.8 Å². The maximum Gasteiger partial charge on any atom is 0.308 e. The van der Waals surface area contributed by atoms with Crippen molar-refractivity contribution < 1.29 is 14.3 Å². The third-order valence-electron chi connectivity index (χ3n) is 2.81. The molecule has 0 unspecified atom stereocenters. The van der Waals surface area contributed by atoms with Crippen LogP contribution in [0, 0.1) is 0 Å². The minimum absolute atomic E-state index is 0.206. The van der Waals surface area contributed by atoms with Gasteiger partial charge in [0.1, 0.15) is 5.75 Å². The molecular weight excluding hydrogens is 325 g/mol. The summed E-state index contributed by atoms with van der Waals surface area (Å²) in [6.45, 7) is 2.71. The Kier molecular flexibility index (Phi) is 5.06. The molecule has 4 nitrogen and oxygen atoms in total. The Morgan fingerprint density at radius 1 is 1.09 bits per heavy atom. The average molecular weight is 338 g/mol. The van der Waals surface area contributed by atoms with Gasteiger partial charge in [0.25, 0.3) is 0 Å². The summed E-state index contributed by atoms with van der Waals surface area (Å²) in [5.74, 6) is -0.366. The molecule has 0 bridgehead atoms. The van der Waals surface area contributed by atoms with Crippen LogP contribution in [-0.4, -0.2) is 11.9 Å². The van der Waals surface area contributed by atoms with Crippen molar-refractivity contribution in [1.29, 1.82) is 0 Å². The van der Waals surface area contributed by atoms with Crippen LogP contribution in [-0.2, 0) is 9.59 Å². The molecule has 0 aliphatic rings. The third kappa shape index (κ3) is 3.78. The van der Waals surface area contributed by atoms with Crippen LogP contribution in [0.15, 0.2) is 36.4 Å². The molecule has 0 saturated carbocycles. The number of nitrogens with one attached hydrogen (secondary N) is 1. The van der Waals surface area contributed by atoms with Gasteiger partial charge in [-0.1, -0.05) is 41.4 Å². The van der Waals surface area contributed by atoms with Crippen molar-refractivity contribution in [1.82, 2.24) is 0 Å². The van der Waals surface area contributed by atoms with Crippen LogP contribution in [0.25, 0.3) is 11.1 Å². The quantitative estimate of drug-likeness (QED) is 0.660. The van der Waals surface area contributed by atoms with Crippen LogP contribution in [0.3, 0.4) is 0 Å². The summed E-state index contributed by atoms with van der Waals surface area (Å²) >= 11 is 12.4. The SMILES string of the molecule is CC(=O)Nc1cccc(-c2ccc(OC(C)=O)c(Cl)c2)c1Cl. The highest BCUT2D eigenvalue weighted by atomic mass is 35.5. The number of rotatable bonds is 3. The molecule has 2 aromatic carbocycles. The molecule has 0 spiro atoms. The minimum atomic E-state index is -0.444. The molecule has 0 atom stereocenters. The van der Waals surface area contributed by atoms with Gasteiger partial charge in [0.05, 0.1) is 15.7 Å². The number of carbonyl (C=O) groups excluding carboxylic acids is 2. The Hall–Kier alpha value is -2.04. The molecule has 0 fully saturated rings. The number of halogens is 2. The molecular formula is C16H13Cl2NO3. The van der Waals surface area contributed by atoms with Gasteiger partial charge in [0.2, 0.25) is 5.91 Å². The van der Waals surface area contributed by atoms with Gasteiger partial charge >= 0.3 is 5.97 Å². The first kappa shape index (κ1) is 16.3. The van der Waals surface area contributed by atoms with Gasteiger partial charge in [-0.25, -0.2) is 0 Å². The summed E-state index contributed by atoms with van der Waals surface area (Å²) in [6.07, 6.45) is 0. The lowest BCUT2D eigenvalue weighted by Crippen LogP contribution is -2.06. The van der Waals surface area contributed by atoms with E-state index in [0.717, 1.165) is 5.56 Å². The fourth-order valence-corrected chi connectivity index (χ4v) is 2.45. The highest BCUT2D eigenvalue weighted by molar-refractivity contribution is 6.36. The summed E-state index contributed by atoms with van der Waals surface area (Å²) < 4.78 is 4.98. The minimum Gasteiger partial charge on any atom is -0.425 e. The van der Waals surface area contributed by atoms with Crippen molar-refractivity contribution in [3.05, 3.63) is 46.4 Å². The standard InChI is InChI=1S/C16H13Cl2NO3/c1-9(20)19-14-5-3-4-12(16(14)18)11-6-7-15(13(17)8-11)22-10(2)21/h3-8H,1-2H3,(H,19,20). The smallest absolute Gasteiger partial charge is 0.308 e. The van der Waals surface area contributed by atoms with E-state index in [-0.39, 0.29) is 11.7 Å². The number of hydrogen-bond acceptors (Lipinski definition) is 3. The van der Waals surface area contributed by atoms with E-state index >= 15 is 0 Å². The van der Waals surface area contributed by atoms with Gasteiger partial charge in [0.15, 0.2) is 0 Å². The van der Waals surface area contributed by atoms with Crippen LogP contribution < -0.4 is 10.1 Å². The number of amides is 1. The van der Waals surface area contributed by atoms with Crippen molar-refractivity contribution in [2.75, 3.05) is 5.32 Å². The van der Waals surface area contributed by atoms with E-state index in [9.17, 15) is 9.59 Å². The van der Waals surface area contributed by atoms with Gasteiger partial charge in [0, 0.05) is 19.4 Å². The van der Waals surface area contributed by atoms with Crippen LogP contribution in [0.2, 0.25) is 10.0 Å². The fraction of sp³-hybridized carbons (Fsp3) is 0.125.